The fourth-order valence-electron chi connectivity index (χ4n) is 2.84. The third-order valence-corrected chi connectivity index (χ3v) is 4.79. The quantitative estimate of drug-likeness (QED) is 0.575. The van der Waals surface area contributed by atoms with E-state index in [0.717, 1.165) is 10.9 Å². The van der Waals surface area contributed by atoms with Crippen LogP contribution < -0.4 is 4.74 Å². The molecule has 3 aromatic rings. The highest BCUT2D eigenvalue weighted by Crippen LogP contribution is 2.36. The number of benzene rings is 2. The van der Waals surface area contributed by atoms with Gasteiger partial charge in [-0.25, -0.2) is 0 Å². The van der Waals surface area contributed by atoms with Crippen LogP contribution >= 0.6 is 23.2 Å². The molecule has 0 aliphatic heterocycles. The Morgan fingerprint density at radius 1 is 1.22 bits per heavy atom. The Balaban J connectivity index is 1.93. The van der Waals surface area contributed by atoms with Crippen LogP contribution in [0.15, 0.2) is 41.0 Å². The zero-order valence-corrected chi connectivity index (χ0v) is 16.3. The molecule has 7 heteroatoms. The van der Waals surface area contributed by atoms with E-state index < -0.39 is 6.10 Å². The first-order chi connectivity index (χ1) is 12.9. The van der Waals surface area contributed by atoms with Crippen LogP contribution in [0.3, 0.4) is 0 Å². The minimum Gasteiger partial charge on any atom is -0.488 e. The van der Waals surface area contributed by atoms with Gasteiger partial charge in [-0.2, -0.15) is 0 Å². The third kappa shape index (κ3) is 4.21. The van der Waals surface area contributed by atoms with E-state index in [-0.39, 0.29) is 19.0 Å². The van der Waals surface area contributed by atoms with Gasteiger partial charge in [-0.05, 0) is 31.2 Å². The average molecular weight is 409 g/mol. The lowest BCUT2D eigenvalue weighted by molar-refractivity contribution is -0.139. The molecule has 5 nitrogen and oxygen atoms in total. The molecule has 0 spiro atoms. The minimum absolute atomic E-state index is 0.0866. The van der Waals surface area contributed by atoms with Gasteiger partial charge in [0.25, 0.3) is 0 Å². The molecule has 2 aromatic carbocycles. The predicted molar refractivity (Wildman–Crippen MR) is 103 cm³/mol. The lowest BCUT2D eigenvalue weighted by Crippen LogP contribution is -2.04. The molecule has 0 bridgehead atoms. The molecule has 0 amide bonds. The van der Waals surface area contributed by atoms with E-state index in [2.05, 4.69) is 0 Å². The van der Waals surface area contributed by atoms with Crippen LogP contribution in [0, 0.1) is 0 Å². The van der Waals surface area contributed by atoms with Gasteiger partial charge in [0.05, 0.1) is 31.5 Å². The van der Waals surface area contributed by atoms with E-state index in [4.69, 9.17) is 37.1 Å². The summed E-state index contributed by atoms with van der Waals surface area (Å²) in [4.78, 5) is 11.6. The lowest BCUT2D eigenvalue weighted by Gasteiger charge is -2.15. The van der Waals surface area contributed by atoms with Crippen LogP contribution in [-0.4, -0.2) is 18.2 Å². The summed E-state index contributed by atoms with van der Waals surface area (Å²) in [6.45, 7) is 1.83. The molecular formula is C20H18Cl2O5. The van der Waals surface area contributed by atoms with Crippen LogP contribution in [0.25, 0.3) is 11.0 Å². The van der Waals surface area contributed by atoms with Gasteiger partial charge in [-0.3, -0.25) is 4.79 Å². The summed E-state index contributed by atoms with van der Waals surface area (Å²) in [5.74, 6) is 0.108. The Morgan fingerprint density at radius 2 is 2.00 bits per heavy atom. The van der Waals surface area contributed by atoms with Crippen molar-refractivity contribution in [1.29, 1.82) is 0 Å². The second-order valence-electron chi connectivity index (χ2n) is 6.07. The van der Waals surface area contributed by atoms with Crippen molar-refractivity contribution in [1.82, 2.24) is 0 Å². The number of fused-ring (bicyclic) bond motifs is 1. The van der Waals surface area contributed by atoms with Gasteiger partial charge in [0, 0.05) is 26.6 Å². The Morgan fingerprint density at radius 3 is 2.67 bits per heavy atom. The molecule has 0 aliphatic carbocycles. The molecular weight excluding hydrogens is 391 g/mol. The monoisotopic (exact) mass is 408 g/mol. The van der Waals surface area contributed by atoms with E-state index in [1.807, 2.05) is 0 Å². The number of aliphatic hydroxyl groups is 1. The molecule has 0 fully saturated rings. The highest BCUT2D eigenvalue weighted by atomic mass is 35.5. The summed E-state index contributed by atoms with van der Waals surface area (Å²) >= 11 is 12.1. The summed E-state index contributed by atoms with van der Waals surface area (Å²) in [7, 11) is 1.33. The van der Waals surface area contributed by atoms with Gasteiger partial charge in [0.15, 0.2) is 0 Å². The number of aliphatic hydroxyl groups excluding tert-OH is 1. The second-order valence-corrected chi connectivity index (χ2v) is 6.91. The first kappa shape index (κ1) is 19.5. The van der Waals surface area contributed by atoms with Gasteiger partial charge in [0.1, 0.15) is 17.9 Å². The lowest BCUT2D eigenvalue weighted by atomic mass is 10.0. The van der Waals surface area contributed by atoms with Crippen molar-refractivity contribution in [3.05, 3.63) is 63.3 Å². The highest BCUT2D eigenvalue weighted by molar-refractivity contribution is 6.35. The number of methoxy groups -OCH3 is 1. The number of furan rings is 1. The number of carbonyl (C=O) groups is 1. The topological polar surface area (TPSA) is 68.9 Å². The Hall–Kier alpha value is -2.21. The summed E-state index contributed by atoms with van der Waals surface area (Å²) in [6.07, 6.45) is 0.748. The summed E-state index contributed by atoms with van der Waals surface area (Å²) in [5, 5.41) is 12.0. The smallest absolute Gasteiger partial charge is 0.310 e. The Labute approximate surface area is 166 Å². The largest absolute Gasteiger partial charge is 0.488 e. The molecule has 1 unspecified atom stereocenters. The number of halogens is 2. The van der Waals surface area contributed by atoms with E-state index >= 15 is 0 Å². The fraction of sp³-hybridized carbons (Fsp3) is 0.250. The second kappa shape index (κ2) is 8.21. The van der Waals surface area contributed by atoms with Crippen molar-refractivity contribution in [3.63, 3.8) is 0 Å². The highest BCUT2D eigenvalue weighted by Gasteiger charge is 2.20. The van der Waals surface area contributed by atoms with Crippen LogP contribution in [-0.2, 0) is 22.6 Å². The summed E-state index contributed by atoms with van der Waals surface area (Å²) in [6, 6.07) is 8.70. The van der Waals surface area contributed by atoms with Crippen molar-refractivity contribution in [3.8, 4) is 5.75 Å². The van der Waals surface area contributed by atoms with Gasteiger partial charge in [-0.1, -0.05) is 29.3 Å². The first-order valence-electron chi connectivity index (χ1n) is 8.25. The molecule has 1 N–H and O–H groups in total. The summed E-state index contributed by atoms with van der Waals surface area (Å²) in [5.41, 5.74) is 2.44. The zero-order valence-electron chi connectivity index (χ0n) is 14.8. The molecule has 0 radical (unpaired) electrons. The maximum absolute atomic E-state index is 11.6. The average Bonchev–Trinajstić information content (AvgIpc) is 3.02. The van der Waals surface area contributed by atoms with Crippen molar-refractivity contribution in [2.24, 2.45) is 0 Å². The molecule has 0 saturated heterocycles. The van der Waals surface area contributed by atoms with Crippen LogP contribution in [0.5, 0.6) is 5.75 Å². The zero-order chi connectivity index (χ0) is 19.6. The maximum Gasteiger partial charge on any atom is 0.310 e. The van der Waals surface area contributed by atoms with Gasteiger partial charge in [-0.15, -0.1) is 0 Å². The number of carbonyl (C=O) groups excluding carboxylic acids is 1. The summed E-state index contributed by atoms with van der Waals surface area (Å²) < 4.78 is 16.2. The van der Waals surface area contributed by atoms with Crippen LogP contribution in [0.1, 0.15) is 29.7 Å². The van der Waals surface area contributed by atoms with E-state index in [1.165, 1.54) is 13.4 Å². The Kier molecular flexibility index (Phi) is 5.95. The number of rotatable bonds is 6. The van der Waals surface area contributed by atoms with E-state index in [0.29, 0.717) is 32.5 Å². The van der Waals surface area contributed by atoms with Crippen LogP contribution in [0.4, 0.5) is 0 Å². The molecule has 0 aliphatic rings. The van der Waals surface area contributed by atoms with E-state index in [9.17, 15) is 9.90 Å². The van der Waals surface area contributed by atoms with Gasteiger partial charge >= 0.3 is 5.97 Å². The van der Waals surface area contributed by atoms with Crippen LogP contribution in [0.2, 0.25) is 10.0 Å². The molecule has 142 valence electrons. The standard InChI is InChI=1S/C20H18Cl2O5/c1-11(23)19-17(26-9-12-3-4-14(21)8-16(12)22)6-5-15-13(7-18(24)25-2)10-27-20(15)19/h3-6,8,10-11,23H,7,9H2,1-2H3. The van der Waals surface area contributed by atoms with Crippen molar-refractivity contribution >= 4 is 40.1 Å². The molecule has 0 saturated carbocycles. The van der Waals surface area contributed by atoms with Crippen molar-refractivity contribution < 1.29 is 23.8 Å². The molecule has 27 heavy (non-hydrogen) atoms. The number of esters is 1. The predicted octanol–water partition coefficient (Wildman–Crippen LogP) is 5.09. The SMILES string of the molecule is COC(=O)Cc1coc2c(C(C)O)c(OCc3ccc(Cl)cc3Cl)ccc12. The van der Waals surface area contributed by atoms with Crippen molar-refractivity contribution in [2.45, 2.75) is 26.1 Å². The number of hydrogen-bond acceptors (Lipinski definition) is 5. The minimum atomic E-state index is -0.832. The third-order valence-electron chi connectivity index (χ3n) is 4.20. The first-order valence-corrected chi connectivity index (χ1v) is 9.01. The van der Waals surface area contributed by atoms with Gasteiger partial charge in [0.2, 0.25) is 0 Å². The Bertz CT molecular complexity index is 978. The maximum atomic E-state index is 11.6. The molecule has 1 aromatic heterocycles. The molecule has 1 heterocycles. The van der Waals surface area contributed by atoms with Crippen molar-refractivity contribution in [2.75, 3.05) is 7.11 Å². The molecule has 3 rings (SSSR count). The normalized spacial score (nSPS) is 12.2. The number of hydrogen-bond donors (Lipinski definition) is 1. The number of ether oxygens (including phenoxy) is 2. The van der Waals surface area contributed by atoms with E-state index in [1.54, 1.807) is 37.3 Å². The fourth-order valence-corrected chi connectivity index (χ4v) is 3.30. The van der Waals surface area contributed by atoms with Gasteiger partial charge < -0.3 is 19.0 Å². The molecule has 1 atom stereocenters.